The third kappa shape index (κ3) is 3.84. The lowest BCUT2D eigenvalue weighted by atomic mass is 10.1. The second kappa shape index (κ2) is 8.57. The minimum atomic E-state index is -0.611. The van der Waals surface area contributed by atoms with Crippen LogP contribution in [0.25, 0.3) is 32.8 Å². The predicted molar refractivity (Wildman–Crippen MR) is 135 cm³/mol. The van der Waals surface area contributed by atoms with E-state index >= 15 is 0 Å². The lowest BCUT2D eigenvalue weighted by Gasteiger charge is -2.30. The summed E-state index contributed by atoms with van der Waals surface area (Å²) < 4.78 is 18.4. The highest BCUT2D eigenvalue weighted by Gasteiger charge is 2.37. The second-order valence-electron chi connectivity index (χ2n) is 9.76. The van der Waals surface area contributed by atoms with Crippen molar-refractivity contribution in [1.29, 1.82) is 0 Å². The highest BCUT2D eigenvalue weighted by atomic mass is 19.1. The molecule has 1 aliphatic heterocycles. The van der Waals surface area contributed by atoms with E-state index in [4.69, 9.17) is 17.3 Å². The molecule has 4 aromatic rings. The Labute approximate surface area is 208 Å². The minimum absolute atomic E-state index is 0.0459. The number of halogens is 1. The largest absolute Gasteiger partial charge is 0.336 e. The van der Waals surface area contributed by atoms with Gasteiger partial charge < -0.3 is 10.6 Å². The lowest BCUT2D eigenvalue weighted by molar-refractivity contribution is 0.0702. The van der Waals surface area contributed by atoms with E-state index in [2.05, 4.69) is 9.94 Å². The maximum Gasteiger partial charge on any atom is 0.274 e. The minimum Gasteiger partial charge on any atom is -0.336 e. The quantitative estimate of drug-likeness (QED) is 0.431. The van der Waals surface area contributed by atoms with Crippen LogP contribution in [0.15, 0.2) is 42.6 Å². The van der Waals surface area contributed by atoms with Gasteiger partial charge in [0.25, 0.3) is 5.91 Å². The zero-order chi connectivity index (χ0) is 25.0. The van der Waals surface area contributed by atoms with E-state index in [1.807, 2.05) is 36.0 Å². The van der Waals surface area contributed by atoms with Crippen LogP contribution in [0.4, 0.5) is 10.1 Å². The Hall–Kier alpha value is -4.03. The van der Waals surface area contributed by atoms with Gasteiger partial charge in [-0.3, -0.25) is 14.0 Å². The smallest absolute Gasteiger partial charge is 0.274 e. The van der Waals surface area contributed by atoms with E-state index in [1.165, 1.54) is 12.1 Å². The van der Waals surface area contributed by atoms with Crippen molar-refractivity contribution in [1.82, 2.24) is 24.2 Å². The Morgan fingerprint density at radius 1 is 1.19 bits per heavy atom. The number of piperidine rings is 1. The molecule has 0 unspecified atom stereocenters. The summed E-state index contributed by atoms with van der Waals surface area (Å²) in [5, 5.41) is 5.55. The van der Waals surface area contributed by atoms with Crippen LogP contribution >= 0.6 is 0 Å². The molecule has 1 amide bonds. The maximum atomic E-state index is 14.7. The number of nitrogens with zero attached hydrogens (tertiary/aromatic N) is 6. The Balaban J connectivity index is 1.57. The van der Waals surface area contributed by atoms with E-state index in [-0.39, 0.29) is 23.6 Å². The number of nitrogens with two attached hydrogens (primary N) is 1. The van der Waals surface area contributed by atoms with Gasteiger partial charge in [-0.15, -0.1) is 0 Å². The van der Waals surface area contributed by atoms with Crippen molar-refractivity contribution in [3.63, 3.8) is 0 Å². The molecule has 0 bridgehead atoms. The maximum absolute atomic E-state index is 14.7. The summed E-state index contributed by atoms with van der Waals surface area (Å²) in [5.74, 6) is -0.0768. The third-order valence-corrected chi connectivity index (χ3v) is 7.01. The average Bonchev–Trinajstić information content (AvgIpc) is 3.52. The molecule has 2 aromatic carbocycles. The van der Waals surface area contributed by atoms with Crippen LogP contribution in [0.1, 0.15) is 47.8 Å². The van der Waals surface area contributed by atoms with Gasteiger partial charge in [0.2, 0.25) is 5.69 Å². The first-order valence-corrected chi connectivity index (χ1v) is 12.2. The number of rotatable bonds is 4. The number of benzene rings is 2. The van der Waals surface area contributed by atoms with Crippen molar-refractivity contribution in [2.75, 3.05) is 13.1 Å². The topological polar surface area (TPSA) is 86.3 Å². The molecule has 2 N–H and O–H groups in total. The first kappa shape index (κ1) is 22.4. The van der Waals surface area contributed by atoms with Crippen LogP contribution in [0.3, 0.4) is 0 Å². The van der Waals surface area contributed by atoms with Gasteiger partial charge in [-0.1, -0.05) is 12.1 Å². The number of aromatic nitrogens is 4. The summed E-state index contributed by atoms with van der Waals surface area (Å²) in [5.41, 5.74) is 9.52. The number of aryl methyl sites for hydroxylation is 1. The van der Waals surface area contributed by atoms with Gasteiger partial charge in [-0.2, -0.15) is 5.10 Å². The van der Waals surface area contributed by atoms with E-state index in [0.29, 0.717) is 30.2 Å². The third-order valence-electron chi connectivity index (χ3n) is 7.01. The molecular formula is C27H26FN7O. The Morgan fingerprint density at radius 3 is 2.75 bits per heavy atom. The molecule has 1 saturated heterocycles. The number of amides is 1. The van der Waals surface area contributed by atoms with Crippen LogP contribution < -0.4 is 5.73 Å². The SMILES string of the molecule is [C-]#[N+]c1ccc(-c2nc(C(=O)N3CCC[C@@H](N)C3)c(C3CC3)n2-c2ccc3cn(C)nc3c2)cc1F. The Bertz CT molecular complexity index is 1540. The van der Waals surface area contributed by atoms with Crippen LogP contribution in [0.5, 0.6) is 0 Å². The monoisotopic (exact) mass is 483 g/mol. The molecule has 0 radical (unpaired) electrons. The average molecular weight is 484 g/mol. The van der Waals surface area contributed by atoms with Gasteiger partial charge in [0.05, 0.1) is 17.8 Å². The summed E-state index contributed by atoms with van der Waals surface area (Å²) in [4.78, 5) is 23.7. The molecule has 1 saturated carbocycles. The normalized spacial score (nSPS) is 17.9. The highest BCUT2D eigenvalue weighted by molar-refractivity contribution is 5.95. The van der Waals surface area contributed by atoms with Crippen molar-refractivity contribution in [3.8, 4) is 17.1 Å². The van der Waals surface area contributed by atoms with Crippen LogP contribution in [-0.2, 0) is 7.05 Å². The van der Waals surface area contributed by atoms with E-state index in [9.17, 15) is 9.18 Å². The number of imidazole rings is 1. The van der Waals surface area contributed by atoms with E-state index in [1.54, 1.807) is 15.6 Å². The number of hydrogen-bond acceptors (Lipinski definition) is 4. The molecule has 2 fully saturated rings. The van der Waals surface area contributed by atoms with Gasteiger partial charge >= 0.3 is 0 Å². The fourth-order valence-corrected chi connectivity index (χ4v) is 5.13. The van der Waals surface area contributed by atoms with Crippen LogP contribution in [0.2, 0.25) is 0 Å². The zero-order valence-corrected chi connectivity index (χ0v) is 20.0. The number of likely N-dealkylation sites (tertiary alicyclic amines) is 1. The molecule has 2 aromatic heterocycles. The van der Waals surface area contributed by atoms with Crippen LogP contribution in [0, 0.1) is 12.4 Å². The summed E-state index contributed by atoms with van der Waals surface area (Å²) in [6, 6.07) is 10.4. The number of carbonyl (C=O) groups excluding carboxylic acids is 1. The first-order valence-electron chi connectivity index (χ1n) is 12.2. The van der Waals surface area contributed by atoms with Crippen molar-refractivity contribution < 1.29 is 9.18 Å². The summed E-state index contributed by atoms with van der Waals surface area (Å²) >= 11 is 0. The van der Waals surface area contributed by atoms with Gasteiger partial charge in [0, 0.05) is 54.9 Å². The summed E-state index contributed by atoms with van der Waals surface area (Å²) in [6.45, 7) is 8.34. The number of fused-ring (bicyclic) bond motifs is 1. The lowest BCUT2D eigenvalue weighted by Crippen LogP contribution is -2.46. The molecule has 1 aliphatic carbocycles. The molecule has 8 nitrogen and oxygen atoms in total. The number of carbonyl (C=O) groups is 1. The summed E-state index contributed by atoms with van der Waals surface area (Å²) in [6.07, 6.45) is 5.63. The molecule has 2 aliphatic rings. The summed E-state index contributed by atoms with van der Waals surface area (Å²) in [7, 11) is 1.87. The van der Waals surface area contributed by atoms with Gasteiger partial charge in [-0.25, -0.2) is 14.2 Å². The van der Waals surface area contributed by atoms with Gasteiger partial charge in [-0.05, 0) is 49.9 Å². The van der Waals surface area contributed by atoms with Crippen molar-refractivity contribution in [2.24, 2.45) is 12.8 Å². The molecule has 1 atom stereocenters. The van der Waals surface area contributed by atoms with Crippen LogP contribution in [-0.4, -0.2) is 49.3 Å². The Morgan fingerprint density at radius 2 is 2.03 bits per heavy atom. The fraction of sp³-hybridized carbons (Fsp3) is 0.333. The molecule has 3 heterocycles. The van der Waals surface area contributed by atoms with Gasteiger partial charge in [0.1, 0.15) is 11.6 Å². The second-order valence-corrected chi connectivity index (χ2v) is 9.76. The molecule has 9 heteroatoms. The van der Waals surface area contributed by atoms with E-state index in [0.717, 1.165) is 48.0 Å². The molecule has 36 heavy (non-hydrogen) atoms. The molecule has 182 valence electrons. The molecule has 6 rings (SSSR count). The zero-order valence-electron chi connectivity index (χ0n) is 20.0. The van der Waals surface area contributed by atoms with Crippen molar-refractivity contribution in [2.45, 2.75) is 37.6 Å². The van der Waals surface area contributed by atoms with E-state index < -0.39 is 5.82 Å². The fourth-order valence-electron chi connectivity index (χ4n) is 5.13. The van der Waals surface area contributed by atoms with Crippen molar-refractivity contribution in [3.05, 3.63) is 71.2 Å². The predicted octanol–water partition coefficient (Wildman–Crippen LogP) is 4.56. The highest BCUT2D eigenvalue weighted by Crippen LogP contribution is 2.45. The molecular weight excluding hydrogens is 457 g/mol. The number of hydrogen-bond donors (Lipinski definition) is 1. The first-order chi connectivity index (χ1) is 17.4. The standard InChI is InChI=1S/C27H26FN7O/c1-30-22-10-8-17(12-21(22)28)26-31-24(27(36)34-11-3-4-19(29)15-34)25(16-5-6-16)35(26)20-9-7-18-14-33(2)32-23(18)13-20/h7-10,12-14,16,19H,3-6,11,15,29H2,2H3/t19-/m1/s1. The van der Waals surface area contributed by atoms with Gasteiger partial charge in [0.15, 0.2) is 5.69 Å². The molecule has 0 spiro atoms. The van der Waals surface area contributed by atoms with Crippen molar-refractivity contribution >= 4 is 22.5 Å². The Kier molecular flexibility index (Phi) is 5.34.